The zero-order chi connectivity index (χ0) is 13.5. The molecule has 1 rings (SSSR count). The average Bonchev–Trinajstić information content (AvgIpc) is 2.73. The van der Waals surface area contributed by atoms with Crippen LogP contribution in [0, 0.1) is 0 Å². The summed E-state index contributed by atoms with van der Waals surface area (Å²) in [6.45, 7) is 2.89. The topological polar surface area (TPSA) is 87.5 Å². The highest BCUT2D eigenvalue weighted by Gasteiger charge is 2.12. The van der Waals surface area contributed by atoms with Gasteiger partial charge in [-0.1, -0.05) is 0 Å². The fourth-order valence-corrected chi connectivity index (χ4v) is 1.49. The smallest absolute Gasteiger partial charge is 0.317 e. The van der Waals surface area contributed by atoms with Gasteiger partial charge in [-0.3, -0.25) is 9.48 Å². The van der Waals surface area contributed by atoms with Crippen LogP contribution in [0.4, 0.5) is 4.79 Å². The average molecular weight is 254 g/mol. The standard InChI is InChI=1S/C11H18N4O3/c1-3-15(5-4-10(16)17)11(18)12-6-9-7-13-14(2)8-9/h7-8H,3-6H2,1-2H3,(H,12,18)(H,16,17). The summed E-state index contributed by atoms with van der Waals surface area (Å²) in [6, 6.07) is -0.261. The van der Waals surface area contributed by atoms with Crippen molar-refractivity contribution in [2.45, 2.75) is 19.9 Å². The van der Waals surface area contributed by atoms with E-state index in [-0.39, 0.29) is 19.0 Å². The molecule has 0 atom stereocenters. The lowest BCUT2D eigenvalue weighted by Gasteiger charge is -2.20. The van der Waals surface area contributed by atoms with Gasteiger partial charge in [-0.15, -0.1) is 0 Å². The molecule has 0 bridgehead atoms. The lowest BCUT2D eigenvalue weighted by molar-refractivity contribution is -0.137. The molecule has 0 aliphatic heterocycles. The number of aliphatic carboxylic acids is 1. The van der Waals surface area contributed by atoms with Crippen molar-refractivity contribution in [1.29, 1.82) is 0 Å². The number of carboxylic acid groups (broad SMARTS) is 1. The third-order valence-corrected chi connectivity index (χ3v) is 2.47. The van der Waals surface area contributed by atoms with Crippen molar-refractivity contribution < 1.29 is 14.7 Å². The number of aryl methyl sites for hydroxylation is 1. The molecule has 0 aliphatic carbocycles. The Morgan fingerprint density at radius 1 is 1.56 bits per heavy atom. The van der Waals surface area contributed by atoms with Crippen molar-refractivity contribution >= 4 is 12.0 Å². The summed E-state index contributed by atoms with van der Waals surface area (Å²) in [7, 11) is 1.80. The summed E-state index contributed by atoms with van der Waals surface area (Å²) in [5.74, 6) is -0.909. The molecular formula is C11H18N4O3. The van der Waals surface area contributed by atoms with Gasteiger partial charge in [0.05, 0.1) is 12.6 Å². The second-order valence-electron chi connectivity index (χ2n) is 3.90. The van der Waals surface area contributed by atoms with E-state index in [0.717, 1.165) is 5.56 Å². The molecule has 0 saturated heterocycles. The molecule has 0 aromatic carbocycles. The number of carbonyl (C=O) groups is 2. The first-order valence-electron chi connectivity index (χ1n) is 5.75. The zero-order valence-corrected chi connectivity index (χ0v) is 10.6. The summed E-state index contributed by atoms with van der Waals surface area (Å²) in [5.41, 5.74) is 0.903. The van der Waals surface area contributed by atoms with Gasteiger partial charge in [0, 0.05) is 38.4 Å². The maximum atomic E-state index is 11.8. The van der Waals surface area contributed by atoms with Crippen LogP contribution >= 0.6 is 0 Å². The van der Waals surface area contributed by atoms with Crippen LogP contribution in [0.1, 0.15) is 18.9 Å². The van der Waals surface area contributed by atoms with E-state index in [2.05, 4.69) is 10.4 Å². The van der Waals surface area contributed by atoms with Crippen LogP contribution in [-0.2, 0) is 18.4 Å². The fraction of sp³-hybridized carbons (Fsp3) is 0.545. The Kier molecular flexibility index (Phi) is 5.16. The van der Waals surface area contributed by atoms with Crippen LogP contribution in [0.3, 0.4) is 0 Å². The molecule has 2 N–H and O–H groups in total. The molecule has 0 radical (unpaired) electrons. The van der Waals surface area contributed by atoms with Gasteiger partial charge in [-0.25, -0.2) is 4.79 Å². The van der Waals surface area contributed by atoms with Crippen LogP contribution in [0.5, 0.6) is 0 Å². The number of nitrogens with one attached hydrogen (secondary N) is 1. The number of carbonyl (C=O) groups excluding carboxylic acids is 1. The lowest BCUT2D eigenvalue weighted by atomic mass is 10.3. The van der Waals surface area contributed by atoms with E-state index in [1.54, 1.807) is 17.9 Å². The Balaban J connectivity index is 2.39. The van der Waals surface area contributed by atoms with Crippen LogP contribution in [0.25, 0.3) is 0 Å². The normalized spacial score (nSPS) is 10.1. The molecule has 2 amide bonds. The van der Waals surface area contributed by atoms with Crippen LogP contribution in [-0.4, -0.2) is 44.9 Å². The highest BCUT2D eigenvalue weighted by atomic mass is 16.4. The summed E-state index contributed by atoms with van der Waals surface area (Å²) in [5, 5.41) is 15.3. The van der Waals surface area contributed by atoms with Crippen molar-refractivity contribution in [3.8, 4) is 0 Å². The van der Waals surface area contributed by atoms with Crippen LogP contribution in [0.15, 0.2) is 12.4 Å². The number of hydrogen-bond donors (Lipinski definition) is 2. The van der Waals surface area contributed by atoms with E-state index in [9.17, 15) is 9.59 Å². The van der Waals surface area contributed by atoms with Gasteiger partial charge in [0.25, 0.3) is 0 Å². The van der Waals surface area contributed by atoms with Gasteiger partial charge in [0.15, 0.2) is 0 Å². The zero-order valence-electron chi connectivity index (χ0n) is 10.6. The van der Waals surface area contributed by atoms with Crippen molar-refractivity contribution in [2.24, 2.45) is 7.05 Å². The van der Waals surface area contributed by atoms with Gasteiger partial charge < -0.3 is 15.3 Å². The number of hydrogen-bond acceptors (Lipinski definition) is 3. The molecule has 7 nitrogen and oxygen atoms in total. The van der Waals surface area contributed by atoms with Gasteiger partial charge in [0.2, 0.25) is 0 Å². The summed E-state index contributed by atoms with van der Waals surface area (Å²) < 4.78 is 1.66. The first-order valence-corrected chi connectivity index (χ1v) is 5.75. The molecule has 0 spiro atoms. The Morgan fingerprint density at radius 2 is 2.28 bits per heavy atom. The van der Waals surface area contributed by atoms with Crippen molar-refractivity contribution in [3.05, 3.63) is 18.0 Å². The number of nitrogens with zero attached hydrogens (tertiary/aromatic N) is 3. The first kappa shape index (κ1) is 14.0. The predicted octanol–water partition coefficient (Wildman–Crippen LogP) is 0.426. The molecule has 1 heterocycles. The van der Waals surface area contributed by atoms with Crippen LogP contribution in [0.2, 0.25) is 0 Å². The highest BCUT2D eigenvalue weighted by molar-refractivity contribution is 5.75. The molecular weight excluding hydrogens is 236 g/mol. The molecule has 0 fully saturated rings. The minimum absolute atomic E-state index is 0.0475. The number of urea groups is 1. The number of aromatic nitrogens is 2. The lowest BCUT2D eigenvalue weighted by Crippen LogP contribution is -2.40. The number of carboxylic acids is 1. The maximum Gasteiger partial charge on any atom is 0.317 e. The molecule has 7 heteroatoms. The van der Waals surface area contributed by atoms with Gasteiger partial charge in [-0.05, 0) is 6.92 Å². The van der Waals surface area contributed by atoms with E-state index >= 15 is 0 Å². The largest absolute Gasteiger partial charge is 0.481 e. The van der Waals surface area contributed by atoms with E-state index in [1.165, 1.54) is 4.90 Å². The predicted molar refractivity (Wildman–Crippen MR) is 64.9 cm³/mol. The van der Waals surface area contributed by atoms with Gasteiger partial charge in [-0.2, -0.15) is 5.10 Å². The molecule has 1 aromatic rings. The Hall–Kier alpha value is -2.05. The molecule has 0 unspecified atom stereocenters. The van der Waals surface area contributed by atoms with Crippen molar-refractivity contribution in [3.63, 3.8) is 0 Å². The minimum Gasteiger partial charge on any atom is -0.481 e. The second kappa shape index (κ2) is 6.63. The SMILES string of the molecule is CCN(CCC(=O)O)C(=O)NCc1cnn(C)c1. The molecule has 0 aliphatic rings. The molecule has 18 heavy (non-hydrogen) atoms. The van der Waals surface area contributed by atoms with E-state index in [4.69, 9.17) is 5.11 Å². The summed E-state index contributed by atoms with van der Waals surface area (Å²) >= 11 is 0. The third kappa shape index (κ3) is 4.44. The Bertz CT molecular complexity index is 416. The highest BCUT2D eigenvalue weighted by Crippen LogP contribution is 1.97. The number of rotatable bonds is 6. The monoisotopic (exact) mass is 254 g/mol. The minimum atomic E-state index is -0.909. The quantitative estimate of drug-likeness (QED) is 0.770. The Morgan fingerprint density at radius 3 is 2.78 bits per heavy atom. The first-order chi connectivity index (χ1) is 8.52. The van der Waals surface area contributed by atoms with Gasteiger partial charge in [0.1, 0.15) is 0 Å². The fourth-order valence-electron chi connectivity index (χ4n) is 1.49. The number of amides is 2. The van der Waals surface area contributed by atoms with E-state index in [0.29, 0.717) is 13.1 Å². The summed E-state index contributed by atoms with van der Waals surface area (Å²) in [4.78, 5) is 23.7. The van der Waals surface area contributed by atoms with Crippen LogP contribution < -0.4 is 5.32 Å². The molecule has 100 valence electrons. The molecule has 0 saturated carbocycles. The molecule has 1 aromatic heterocycles. The Labute approximate surface area is 105 Å². The van der Waals surface area contributed by atoms with Gasteiger partial charge >= 0.3 is 12.0 Å². The summed E-state index contributed by atoms with van der Waals surface area (Å²) in [6.07, 6.45) is 3.44. The van der Waals surface area contributed by atoms with Crippen molar-refractivity contribution in [1.82, 2.24) is 20.0 Å². The van der Waals surface area contributed by atoms with Crippen molar-refractivity contribution in [2.75, 3.05) is 13.1 Å². The second-order valence-corrected chi connectivity index (χ2v) is 3.90. The third-order valence-electron chi connectivity index (χ3n) is 2.47. The maximum absolute atomic E-state index is 11.8. The van der Waals surface area contributed by atoms with E-state index < -0.39 is 5.97 Å². The van der Waals surface area contributed by atoms with E-state index in [1.807, 2.05) is 13.1 Å².